The smallest absolute Gasteiger partial charge is 0.233 e. The number of nitrogens with zero attached hydrogens (tertiary/aromatic N) is 2. The molecular formula is C19H26N2O2. The van der Waals surface area contributed by atoms with Crippen molar-refractivity contribution < 1.29 is 9.90 Å². The van der Waals surface area contributed by atoms with Gasteiger partial charge in [0.15, 0.2) is 0 Å². The Kier molecular flexibility index (Phi) is 3.90. The van der Waals surface area contributed by atoms with E-state index in [0.29, 0.717) is 11.9 Å². The molecule has 1 amide bonds. The first kappa shape index (κ1) is 15.2. The fourth-order valence-corrected chi connectivity index (χ4v) is 4.41. The first-order chi connectivity index (χ1) is 11.2. The van der Waals surface area contributed by atoms with Crippen LogP contribution in [-0.4, -0.2) is 59.1 Å². The second kappa shape index (κ2) is 5.91. The van der Waals surface area contributed by atoms with Crippen molar-refractivity contribution in [1.29, 1.82) is 0 Å². The van der Waals surface area contributed by atoms with Gasteiger partial charge in [0.25, 0.3) is 0 Å². The van der Waals surface area contributed by atoms with Gasteiger partial charge in [0, 0.05) is 32.2 Å². The standard InChI is InChI=1S/C19H26N2O2/c22-17-8-4-7-16(17)20-11-13-21(14-12-20)18(23)19(9-10-19)15-5-2-1-3-6-15/h1-3,5-6,16-17,22H,4,7-14H2. The third-order valence-electron chi connectivity index (χ3n) is 6.00. The molecule has 23 heavy (non-hydrogen) atoms. The number of benzene rings is 1. The Bertz CT molecular complexity index is 562. The van der Waals surface area contributed by atoms with Crippen molar-refractivity contribution in [2.75, 3.05) is 26.2 Å². The largest absolute Gasteiger partial charge is 0.391 e. The first-order valence-corrected chi connectivity index (χ1v) is 8.98. The highest BCUT2D eigenvalue weighted by molar-refractivity contribution is 5.91. The predicted octanol–water partition coefficient (Wildman–Crippen LogP) is 1.78. The zero-order valence-electron chi connectivity index (χ0n) is 13.7. The highest BCUT2D eigenvalue weighted by Gasteiger charge is 2.53. The van der Waals surface area contributed by atoms with Crippen LogP contribution in [0.5, 0.6) is 0 Å². The van der Waals surface area contributed by atoms with E-state index < -0.39 is 0 Å². The molecule has 0 radical (unpaired) electrons. The minimum atomic E-state index is -0.240. The van der Waals surface area contributed by atoms with Crippen molar-refractivity contribution in [2.24, 2.45) is 0 Å². The molecule has 0 aromatic heterocycles. The molecule has 3 aliphatic rings. The van der Waals surface area contributed by atoms with Crippen LogP contribution in [0.1, 0.15) is 37.7 Å². The summed E-state index contributed by atoms with van der Waals surface area (Å²) in [6.45, 7) is 3.41. The summed E-state index contributed by atoms with van der Waals surface area (Å²) in [4.78, 5) is 17.5. The van der Waals surface area contributed by atoms with Crippen LogP contribution in [0.3, 0.4) is 0 Å². The van der Waals surface area contributed by atoms with E-state index in [-0.39, 0.29) is 11.5 Å². The minimum absolute atomic E-state index is 0.170. The summed E-state index contributed by atoms with van der Waals surface area (Å²) in [6, 6.07) is 10.6. The highest BCUT2D eigenvalue weighted by Crippen LogP contribution is 2.49. The van der Waals surface area contributed by atoms with Crippen LogP contribution in [0, 0.1) is 0 Å². The number of aliphatic hydroxyl groups excluding tert-OH is 1. The molecule has 2 aliphatic carbocycles. The maximum absolute atomic E-state index is 13.0. The maximum Gasteiger partial charge on any atom is 0.233 e. The van der Waals surface area contributed by atoms with Gasteiger partial charge in [0.1, 0.15) is 0 Å². The Labute approximate surface area is 138 Å². The van der Waals surface area contributed by atoms with Crippen molar-refractivity contribution in [3.05, 3.63) is 35.9 Å². The molecule has 1 aromatic carbocycles. The molecular weight excluding hydrogens is 288 g/mol. The average Bonchev–Trinajstić information content (AvgIpc) is 3.31. The first-order valence-electron chi connectivity index (χ1n) is 8.98. The lowest BCUT2D eigenvalue weighted by molar-refractivity contribution is -0.136. The van der Waals surface area contributed by atoms with Gasteiger partial charge >= 0.3 is 0 Å². The van der Waals surface area contributed by atoms with Crippen LogP contribution < -0.4 is 0 Å². The Balaban J connectivity index is 1.40. The van der Waals surface area contributed by atoms with Gasteiger partial charge in [-0.25, -0.2) is 0 Å². The number of carbonyl (C=O) groups excluding carboxylic acids is 1. The van der Waals surface area contributed by atoms with E-state index in [4.69, 9.17) is 0 Å². The molecule has 2 unspecified atom stereocenters. The Morgan fingerprint density at radius 3 is 2.30 bits per heavy atom. The minimum Gasteiger partial charge on any atom is -0.391 e. The summed E-state index contributed by atoms with van der Waals surface area (Å²) in [5.74, 6) is 0.315. The van der Waals surface area contributed by atoms with E-state index in [0.717, 1.165) is 58.3 Å². The van der Waals surface area contributed by atoms with Crippen molar-refractivity contribution in [2.45, 2.75) is 49.7 Å². The predicted molar refractivity (Wildman–Crippen MR) is 89.2 cm³/mol. The molecule has 1 aromatic rings. The summed E-state index contributed by atoms with van der Waals surface area (Å²) in [6.07, 6.45) is 4.96. The molecule has 3 fully saturated rings. The van der Waals surface area contributed by atoms with Crippen LogP contribution in [0.2, 0.25) is 0 Å². The highest BCUT2D eigenvalue weighted by atomic mass is 16.3. The number of aliphatic hydroxyl groups is 1. The maximum atomic E-state index is 13.0. The number of hydrogen-bond acceptors (Lipinski definition) is 3. The van der Waals surface area contributed by atoms with Crippen LogP contribution in [0.4, 0.5) is 0 Å². The van der Waals surface area contributed by atoms with Gasteiger partial charge in [-0.15, -0.1) is 0 Å². The second-order valence-electron chi connectivity index (χ2n) is 7.34. The van der Waals surface area contributed by atoms with E-state index in [1.165, 1.54) is 5.56 Å². The SMILES string of the molecule is O=C(N1CCN(C2CCCC2O)CC1)C1(c2ccccc2)CC1. The molecule has 1 heterocycles. The van der Waals surface area contributed by atoms with Crippen molar-refractivity contribution >= 4 is 5.91 Å². The summed E-state index contributed by atoms with van der Waals surface area (Å²) in [5, 5.41) is 10.1. The van der Waals surface area contributed by atoms with Gasteiger partial charge in [-0.1, -0.05) is 30.3 Å². The monoisotopic (exact) mass is 314 g/mol. The van der Waals surface area contributed by atoms with E-state index in [9.17, 15) is 9.90 Å². The van der Waals surface area contributed by atoms with Crippen LogP contribution in [-0.2, 0) is 10.2 Å². The van der Waals surface area contributed by atoms with Crippen molar-refractivity contribution in [1.82, 2.24) is 9.80 Å². The Morgan fingerprint density at radius 1 is 1.04 bits per heavy atom. The number of hydrogen-bond donors (Lipinski definition) is 1. The van der Waals surface area contributed by atoms with Gasteiger partial charge in [0.05, 0.1) is 11.5 Å². The summed E-state index contributed by atoms with van der Waals surface area (Å²) >= 11 is 0. The molecule has 124 valence electrons. The zero-order valence-corrected chi connectivity index (χ0v) is 13.7. The lowest BCUT2D eigenvalue weighted by atomic mass is 9.94. The van der Waals surface area contributed by atoms with Crippen LogP contribution >= 0.6 is 0 Å². The van der Waals surface area contributed by atoms with Crippen LogP contribution in [0.15, 0.2) is 30.3 Å². The number of rotatable bonds is 3. The number of carbonyl (C=O) groups is 1. The van der Waals surface area contributed by atoms with Gasteiger partial charge in [-0.05, 0) is 37.7 Å². The molecule has 1 N–H and O–H groups in total. The van der Waals surface area contributed by atoms with E-state index >= 15 is 0 Å². The second-order valence-corrected chi connectivity index (χ2v) is 7.34. The molecule has 1 aliphatic heterocycles. The van der Waals surface area contributed by atoms with Gasteiger partial charge in [0.2, 0.25) is 5.91 Å². The molecule has 2 atom stereocenters. The summed E-state index contributed by atoms with van der Waals surface area (Å²) in [7, 11) is 0. The molecule has 1 saturated heterocycles. The topological polar surface area (TPSA) is 43.8 Å². The fourth-order valence-electron chi connectivity index (χ4n) is 4.41. The number of piperazine rings is 1. The molecule has 4 nitrogen and oxygen atoms in total. The third kappa shape index (κ3) is 2.68. The van der Waals surface area contributed by atoms with Gasteiger partial charge < -0.3 is 10.0 Å². The van der Waals surface area contributed by atoms with Crippen LogP contribution in [0.25, 0.3) is 0 Å². The Morgan fingerprint density at radius 2 is 1.74 bits per heavy atom. The Hall–Kier alpha value is -1.39. The average molecular weight is 314 g/mol. The fraction of sp³-hybridized carbons (Fsp3) is 0.632. The summed E-state index contributed by atoms with van der Waals surface area (Å²) < 4.78 is 0. The lowest BCUT2D eigenvalue weighted by Gasteiger charge is -2.40. The van der Waals surface area contributed by atoms with Gasteiger partial charge in [-0.3, -0.25) is 9.69 Å². The molecule has 2 saturated carbocycles. The van der Waals surface area contributed by atoms with E-state index in [1.807, 2.05) is 18.2 Å². The third-order valence-corrected chi connectivity index (χ3v) is 6.00. The molecule has 4 rings (SSSR count). The lowest BCUT2D eigenvalue weighted by Crippen LogP contribution is -2.55. The molecule has 4 heteroatoms. The van der Waals surface area contributed by atoms with Crippen molar-refractivity contribution in [3.8, 4) is 0 Å². The van der Waals surface area contributed by atoms with Crippen molar-refractivity contribution in [3.63, 3.8) is 0 Å². The van der Waals surface area contributed by atoms with E-state index in [1.54, 1.807) is 0 Å². The quantitative estimate of drug-likeness (QED) is 0.925. The molecule has 0 spiro atoms. The number of amides is 1. The summed E-state index contributed by atoms with van der Waals surface area (Å²) in [5.41, 5.74) is 0.940. The molecule has 0 bridgehead atoms. The van der Waals surface area contributed by atoms with Gasteiger partial charge in [-0.2, -0.15) is 0 Å². The zero-order chi connectivity index (χ0) is 15.9. The van der Waals surface area contributed by atoms with E-state index in [2.05, 4.69) is 21.9 Å². The normalized spacial score (nSPS) is 30.4.